The highest BCUT2D eigenvalue weighted by Gasteiger charge is 2.25. The standard InChI is InChI=1S/C18H12N4O9/c19-13-3-1-9(5-15(13)21(25)26)30-17(23)11-7-29-8-12(11)18(24)31-10-2-4-14(20)16(6-10)22(27)28/h1-8H,19-20H2. The molecular formula is C18H12N4O9. The number of nitro benzene ring substituents is 2. The molecule has 0 radical (unpaired) electrons. The van der Waals surface area contributed by atoms with Gasteiger partial charge in [-0.15, -0.1) is 0 Å². The highest BCUT2D eigenvalue weighted by Crippen LogP contribution is 2.29. The lowest BCUT2D eigenvalue weighted by molar-refractivity contribution is -0.384. The van der Waals surface area contributed by atoms with Crippen LogP contribution in [0.2, 0.25) is 0 Å². The number of nitro groups is 2. The Morgan fingerprint density at radius 1 is 0.774 bits per heavy atom. The van der Waals surface area contributed by atoms with Gasteiger partial charge in [0.1, 0.15) is 46.5 Å². The molecule has 158 valence electrons. The van der Waals surface area contributed by atoms with Crippen molar-refractivity contribution >= 4 is 34.7 Å². The Hall–Kier alpha value is -4.94. The van der Waals surface area contributed by atoms with E-state index >= 15 is 0 Å². The van der Waals surface area contributed by atoms with Crippen molar-refractivity contribution in [1.29, 1.82) is 0 Å². The molecule has 0 fully saturated rings. The van der Waals surface area contributed by atoms with Gasteiger partial charge in [-0.2, -0.15) is 0 Å². The van der Waals surface area contributed by atoms with Crippen molar-refractivity contribution in [2.45, 2.75) is 0 Å². The van der Waals surface area contributed by atoms with Crippen LogP contribution in [0.1, 0.15) is 20.7 Å². The summed E-state index contributed by atoms with van der Waals surface area (Å²) in [5, 5.41) is 21.9. The van der Waals surface area contributed by atoms with Crippen molar-refractivity contribution in [2.24, 2.45) is 0 Å². The Bertz CT molecular complexity index is 1130. The van der Waals surface area contributed by atoms with Crippen LogP contribution >= 0.6 is 0 Å². The van der Waals surface area contributed by atoms with E-state index in [-0.39, 0.29) is 34.0 Å². The molecule has 0 saturated carbocycles. The second kappa shape index (κ2) is 8.20. The summed E-state index contributed by atoms with van der Waals surface area (Å²) < 4.78 is 14.9. The summed E-state index contributed by atoms with van der Waals surface area (Å²) in [6, 6.07) is 6.70. The minimum absolute atomic E-state index is 0.130. The molecule has 0 aliphatic rings. The molecule has 0 atom stereocenters. The Morgan fingerprint density at radius 3 is 1.52 bits per heavy atom. The molecule has 3 rings (SSSR count). The van der Waals surface area contributed by atoms with Gasteiger partial charge in [0, 0.05) is 0 Å². The van der Waals surface area contributed by atoms with Gasteiger partial charge in [0.2, 0.25) is 0 Å². The van der Waals surface area contributed by atoms with Crippen molar-refractivity contribution in [2.75, 3.05) is 11.5 Å². The Labute approximate surface area is 172 Å². The van der Waals surface area contributed by atoms with Crippen molar-refractivity contribution in [3.8, 4) is 11.5 Å². The van der Waals surface area contributed by atoms with Crippen molar-refractivity contribution in [3.05, 3.63) is 80.3 Å². The van der Waals surface area contributed by atoms with Crippen LogP contribution in [0.5, 0.6) is 11.5 Å². The lowest BCUT2D eigenvalue weighted by atomic mass is 10.2. The number of hydrogen-bond donors (Lipinski definition) is 2. The number of carbonyl (C=O) groups excluding carboxylic acids is 2. The molecule has 1 heterocycles. The highest BCUT2D eigenvalue weighted by atomic mass is 16.6. The van der Waals surface area contributed by atoms with E-state index in [0.29, 0.717) is 0 Å². The SMILES string of the molecule is Nc1ccc(OC(=O)c2cocc2C(=O)Oc2ccc(N)c([N+](=O)[O-])c2)cc1[N+](=O)[O-]. The van der Waals surface area contributed by atoms with E-state index in [9.17, 15) is 29.8 Å². The second-order valence-corrected chi connectivity index (χ2v) is 5.93. The first-order chi connectivity index (χ1) is 14.7. The number of nitrogen functional groups attached to an aromatic ring is 2. The summed E-state index contributed by atoms with van der Waals surface area (Å²) in [6.45, 7) is 0. The summed E-state index contributed by atoms with van der Waals surface area (Å²) in [6.07, 6.45) is 1.83. The predicted octanol–water partition coefficient (Wildman–Crippen LogP) is 2.70. The Morgan fingerprint density at radius 2 is 1.16 bits per heavy atom. The average Bonchev–Trinajstić information content (AvgIpc) is 3.20. The monoisotopic (exact) mass is 428 g/mol. The smallest absolute Gasteiger partial charge is 0.347 e. The van der Waals surface area contributed by atoms with E-state index in [1.807, 2.05) is 0 Å². The van der Waals surface area contributed by atoms with Crippen molar-refractivity contribution < 1.29 is 33.3 Å². The molecule has 4 N–H and O–H groups in total. The first kappa shape index (κ1) is 20.8. The number of carbonyl (C=O) groups is 2. The normalized spacial score (nSPS) is 10.3. The summed E-state index contributed by atoms with van der Waals surface area (Å²) in [5.74, 6) is -2.52. The maximum absolute atomic E-state index is 12.4. The molecule has 0 aliphatic heterocycles. The van der Waals surface area contributed by atoms with E-state index in [2.05, 4.69) is 0 Å². The van der Waals surface area contributed by atoms with Gasteiger partial charge < -0.3 is 25.4 Å². The van der Waals surface area contributed by atoms with E-state index in [1.54, 1.807) is 0 Å². The van der Waals surface area contributed by atoms with E-state index in [4.69, 9.17) is 25.4 Å². The highest BCUT2D eigenvalue weighted by molar-refractivity contribution is 6.04. The molecule has 0 amide bonds. The molecule has 0 unspecified atom stereocenters. The largest absolute Gasteiger partial charge is 0.471 e. The predicted molar refractivity (Wildman–Crippen MR) is 104 cm³/mol. The van der Waals surface area contributed by atoms with Crippen LogP contribution in [0, 0.1) is 20.2 Å². The molecule has 0 saturated heterocycles. The number of nitrogens with two attached hydrogens (primary N) is 2. The molecule has 1 aromatic heterocycles. The quantitative estimate of drug-likeness (QED) is 0.192. The first-order valence-electron chi connectivity index (χ1n) is 8.25. The third kappa shape index (κ3) is 4.40. The van der Waals surface area contributed by atoms with E-state index in [0.717, 1.165) is 24.7 Å². The lowest BCUT2D eigenvalue weighted by Crippen LogP contribution is -2.16. The molecule has 31 heavy (non-hydrogen) atoms. The van der Waals surface area contributed by atoms with Gasteiger partial charge in [0.05, 0.1) is 22.0 Å². The second-order valence-electron chi connectivity index (χ2n) is 5.93. The fourth-order valence-corrected chi connectivity index (χ4v) is 2.43. The molecular weight excluding hydrogens is 416 g/mol. The fourth-order valence-electron chi connectivity index (χ4n) is 2.43. The number of esters is 2. The van der Waals surface area contributed by atoms with Crippen molar-refractivity contribution in [1.82, 2.24) is 0 Å². The van der Waals surface area contributed by atoms with Gasteiger partial charge in [-0.05, 0) is 24.3 Å². The van der Waals surface area contributed by atoms with Crippen LogP contribution in [-0.2, 0) is 0 Å². The van der Waals surface area contributed by atoms with Crippen LogP contribution in [0.15, 0.2) is 53.3 Å². The summed E-state index contributed by atoms with van der Waals surface area (Å²) >= 11 is 0. The van der Waals surface area contributed by atoms with E-state index < -0.39 is 33.2 Å². The first-order valence-corrected chi connectivity index (χ1v) is 8.25. The van der Waals surface area contributed by atoms with Crippen LogP contribution in [-0.4, -0.2) is 21.8 Å². The maximum Gasteiger partial charge on any atom is 0.347 e. The molecule has 2 aromatic carbocycles. The summed E-state index contributed by atoms with van der Waals surface area (Å²) in [5.41, 5.74) is 9.09. The zero-order chi connectivity index (χ0) is 22.7. The number of hydrogen-bond acceptors (Lipinski definition) is 11. The lowest BCUT2D eigenvalue weighted by Gasteiger charge is -2.07. The van der Waals surface area contributed by atoms with Gasteiger partial charge in [-0.25, -0.2) is 9.59 Å². The summed E-state index contributed by atoms with van der Waals surface area (Å²) in [4.78, 5) is 45.2. The van der Waals surface area contributed by atoms with Crippen LogP contribution < -0.4 is 20.9 Å². The molecule has 0 bridgehead atoms. The number of furan rings is 1. The zero-order valence-electron chi connectivity index (χ0n) is 15.3. The zero-order valence-corrected chi connectivity index (χ0v) is 15.3. The number of nitrogens with zero attached hydrogens (tertiary/aromatic N) is 2. The Kier molecular flexibility index (Phi) is 5.50. The summed E-state index contributed by atoms with van der Waals surface area (Å²) in [7, 11) is 0. The number of benzene rings is 2. The molecule has 13 nitrogen and oxygen atoms in total. The van der Waals surface area contributed by atoms with Crippen LogP contribution in [0.25, 0.3) is 0 Å². The molecule has 13 heteroatoms. The molecule has 3 aromatic rings. The molecule has 0 spiro atoms. The van der Waals surface area contributed by atoms with E-state index in [1.165, 1.54) is 24.3 Å². The number of ether oxygens (including phenoxy) is 2. The third-order valence-electron chi connectivity index (χ3n) is 3.92. The minimum atomic E-state index is -1.07. The number of anilines is 2. The Balaban J connectivity index is 1.80. The topological polar surface area (TPSA) is 204 Å². The number of rotatable bonds is 6. The average molecular weight is 428 g/mol. The van der Waals surface area contributed by atoms with Gasteiger partial charge >= 0.3 is 11.9 Å². The van der Waals surface area contributed by atoms with Crippen LogP contribution in [0.3, 0.4) is 0 Å². The van der Waals surface area contributed by atoms with Crippen LogP contribution in [0.4, 0.5) is 22.7 Å². The van der Waals surface area contributed by atoms with Crippen molar-refractivity contribution in [3.63, 3.8) is 0 Å². The minimum Gasteiger partial charge on any atom is -0.471 e. The van der Waals surface area contributed by atoms with Gasteiger partial charge in [0.25, 0.3) is 11.4 Å². The van der Waals surface area contributed by atoms with Gasteiger partial charge in [-0.1, -0.05) is 0 Å². The van der Waals surface area contributed by atoms with Gasteiger partial charge in [0.15, 0.2) is 0 Å². The molecule has 0 aliphatic carbocycles. The fraction of sp³-hybridized carbons (Fsp3) is 0. The van der Waals surface area contributed by atoms with Gasteiger partial charge in [-0.3, -0.25) is 20.2 Å². The maximum atomic E-state index is 12.4. The third-order valence-corrected chi connectivity index (χ3v) is 3.92.